The van der Waals surface area contributed by atoms with Crippen LogP contribution >= 0.6 is 18.1 Å². The molecule has 62 valence electrons. The molecule has 1 unspecified atom stereocenters. The number of rotatable bonds is 3. The van der Waals surface area contributed by atoms with Crippen molar-refractivity contribution in [3.8, 4) is 0 Å². The Morgan fingerprint density at radius 1 is 1.73 bits per heavy atom. The van der Waals surface area contributed by atoms with Crippen LogP contribution in [0.2, 0.25) is 0 Å². The van der Waals surface area contributed by atoms with E-state index in [1.807, 2.05) is 0 Å². The first-order valence-electron chi connectivity index (χ1n) is 2.54. The summed E-state index contributed by atoms with van der Waals surface area (Å²) in [5.41, 5.74) is 0. The second-order valence-electron chi connectivity index (χ2n) is 1.53. The van der Waals surface area contributed by atoms with Crippen molar-refractivity contribution in [1.29, 1.82) is 0 Å². The minimum absolute atomic E-state index is 0. The summed E-state index contributed by atoms with van der Waals surface area (Å²) in [5, 5.41) is 2.21. The first-order valence-corrected chi connectivity index (χ1v) is 6.00. The predicted octanol–water partition coefficient (Wildman–Crippen LogP) is -1.64. The van der Waals surface area contributed by atoms with Crippen LogP contribution in [0, 0.1) is 0 Å². The van der Waals surface area contributed by atoms with Gasteiger partial charge in [-0.05, 0) is 6.26 Å². The molecule has 7 heteroatoms. The van der Waals surface area contributed by atoms with Gasteiger partial charge in [-0.1, -0.05) is 11.4 Å². The Hall–Kier alpha value is 1.01. The van der Waals surface area contributed by atoms with Crippen LogP contribution in [0.25, 0.3) is 0 Å². The first-order chi connectivity index (χ1) is 4.54. The van der Waals surface area contributed by atoms with Gasteiger partial charge in [-0.3, -0.25) is 14.4 Å². The Morgan fingerprint density at radius 3 is 2.27 bits per heavy atom. The van der Waals surface area contributed by atoms with E-state index in [1.165, 1.54) is 14.0 Å². The van der Waals surface area contributed by atoms with Crippen LogP contribution in [-0.4, -0.2) is 19.3 Å². The van der Waals surface area contributed by atoms with Crippen LogP contribution in [0.3, 0.4) is 0 Å². The maximum atomic E-state index is 11.2. The molecule has 0 saturated carbocycles. The van der Waals surface area contributed by atoms with Gasteiger partial charge in [0.2, 0.25) is 5.91 Å². The largest absolute Gasteiger partial charge is 1.00 e. The summed E-state index contributed by atoms with van der Waals surface area (Å²) < 4.78 is 15.8. The average molecular weight is 207 g/mol. The minimum Gasteiger partial charge on any atom is -1.00 e. The Labute approximate surface area is 93.9 Å². The average Bonchev–Trinajstić information content (AvgIpc) is 1.87. The first kappa shape index (κ1) is 14.5. The molecule has 0 rings (SSSR count). The predicted molar refractivity (Wildman–Crippen MR) is 43.1 cm³/mol. The fourth-order valence-corrected chi connectivity index (χ4v) is 2.18. The van der Waals surface area contributed by atoms with Gasteiger partial charge in [-0.25, -0.2) is 0 Å². The summed E-state index contributed by atoms with van der Waals surface area (Å²) in [6, 6.07) is 0. The van der Waals surface area contributed by atoms with Crippen molar-refractivity contribution in [2.24, 2.45) is 0 Å². The molecule has 0 saturated heterocycles. The van der Waals surface area contributed by atoms with Crippen LogP contribution in [0.15, 0.2) is 0 Å². The molecular formula is C4H11NNaO3PS. The summed E-state index contributed by atoms with van der Waals surface area (Å²) >= 11 is 1.00. The summed E-state index contributed by atoms with van der Waals surface area (Å²) in [7, 11) is 1.30. The van der Waals surface area contributed by atoms with Crippen LogP contribution in [0.1, 0.15) is 8.35 Å². The number of hydrogen-bond donors (Lipinski definition) is 1. The summed E-state index contributed by atoms with van der Waals surface area (Å²) in [4.78, 5) is 10.4. The van der Waals surface area contributed by atoms with E-state index in [4.69, 9.17) is 0 Å². The third-order valence-electron chi connectivity index (χ3n) is 0.775. The van der Waals surface area contributed by atoms with Gasteiger partial charge in [0.05, 0.1) is 0 Å². The Kier molecular flexibility index (Phi) is 8.61. The zero-order valence-electron chi connectivity index (χ0n) is 8.08. The maximum Gasteiger partial charge on any atom is 1.00 e. The van der Waals surface area contributed by atoms with E-state index in [9.17, 15) is 9.36 Å². The second-order valence-corrected chi connectivity index (χ2v) is 6.02. The smallest absolute Gasteiger partial charge is 1.00 e. The zero-order valence-corrected chi connectivity index (χ0v) is 10.8. The summed E-state index contributed by atoms with van der Waals surface area (Å²) in [6.07, 6.45) is 1.61. The quantitative estimate of drug-likeness (QED) is 0.445. The fourth-order valence-electron chi connectivity index (χ4n) is 0.359. The number of hydrogen-bond acceptors (Lipinski definition) is 4. The number of carbonyl (C=O) groups excluding carboxylic acids is 1. The molecule has 0 aromatic carbocycles. The van der Waals surface area contributed by atoms with Crippen molar-refractivity contribution in [1.82, 2.24) is 5.09 Å². The zero-order chi connectivity index (χ0) is 8.20. The molecule has 0 aliphatic carbocycles. The van der Waals surface area contributed by atoms with E-state index in [0.717, 1.165) is 11.4 Å². The van der Waals surface area contributed by atoms with Crippen molar-refractivity contribution in [2.75, 3.05) is 13.4 Å². The van der Waals surface area contributed by atoms with Gasteiger partial charge in [0, 0.05) is 14.0 Å². The van der Waals surface area contributed by atoms with Crippen molar-refractivity contribution in [3.05, 3.63) is 0 Å². The van der Waals surface area contributed by atoms with E-state index >= 15 is 0 Å². The third kappa shape index (κ3) is 6.20. The minimum atomic E-state index is -2.92. The molecule has 0 aromatic heterocycles. The topological polar surface area (TPSA) is 55.4 Å². The monoisotopic (exact) mass is 207 g/mol. The molecule has 0 radical (unpaired) electrons. The van der Waals surface area contributed by atoms with Crippen molar-refractivity contribution in [3.63, 3.8) is 0 Å². The van der Waals surface area contributed by atoms with Gasteiger partial charge in [0.1, 0.15) is 0 Å². The van der Waals surface area contributed by atoms with Crippen LogP contribution < -0.4 is 34.6 Å². The number of nitrogens with one attached hydrogen (secondary N) is 1. The molecule has 0 spiro atoms. The van der Waals surface area contributed by atoms with Gasteiger partial charge in [0.25, 0.3) is 0 Å². The van der Waals surface area contributed by atoms with E-state index in [-0.39, 0.29) is 36.9 Å². The van der Waals surface area contributed by atoms with Crippen LogP contribution in [0.4, 0.5) is 0 Å². The second kappa shape index (κ2) is 6.52. The van der Waals surface area contributed by atoms with E-state index < -0.39 is 6.72 Å². The van der Waals surface area contributed by atoms with Crippen LogP contribution in [0.5, 0.6) is 0 Å². The van der Waals surface area contributed by atoms with Crippen molar-refractivity contribution < 1.29 is 44.9 Å². The SMILES string of the molecule is COP(=O)(NC(C)=O)SC.[H-].[Na+]. The molecule has 1 atom stereocenters. The molecule has 0 aliphatic rings. The third-order valence-corrected chi connectivity index (χ3v) is 4.49. The van der Waals surface area contributed by atoms with Gasteiger partial charge < -0.3 is 5.95 Å². The summed E-state index contributed by atoms with van der Waals surface area (Å²) in [5.74, 6) is -0.348. The van der Waals surface area contributed by atoms with Gasteiger partial charge in [0.15, 0.2) is 0 Å². The normalized spacial score (nSPS) is 14.5. The van der Waals surface area contributed by atoms with E-state index in [2.05, 4.69) is 9.61 Å². The maximum absolute atomic E-state index is 11.2. The Morgan fingerprint density at radius 2 is 2.18 bits per heavy atom. The molecule has 0 bridgehead atoms. The van der Waals surface area contributed by atoms with E-state index in [0.29, 0.717) is 0 Å². The molecule has 1 amide bonds. The van der Waals surface area contributed by atoms with E-state index in [1.54, 1.807) is 6.26 Å². The molecule has 0 heterocycles. The molecule has 0 aromatic rings. The van der Waals surface area contributed by atoms with Crippen molar-refractivity contribution >= 4 is 24.0 Å². The van der Waals surface area contributed by atoms with Gasteiger partial charge >= 0.3 is 36.3 Å². The number of carbonyl (C=O) groups is 1. The van der Waals surface area contributed by atoms with Gasteiger partial charge in [-0.2, -0.15) is 0 Å². The molecule has 11 heavy (non-hydrogen) atoms. The number of amides is 1. The van der Waals surface area contributed by atoms with Crippen molar-refractivity contribution in [2.45, 2.75) is 6.92 Å². The molecule has 1 N–H and O–H groups in total. The van der Waals surface area contributed by atoms with Gasteiger partial charge in [-0.15, -0.1) is 0 Å². The molecule has 4 nitrogen and oxygen atoms in total. The standard InChI is InChI=1S/C4H10NO3PS.Na.H/c1-4(6)5-9(7,8-2)10-3;;/h1-3H3,(H,5,6,7);;/q;+1;-1. The Balaban J connectivity index is -0.000000405. The van der Waals surface area contributed by atoms with Crippen LogP contribution in [-0.2, 0) is 13.9 Å². The molecular weight excluding hydrogens is 196 g/mol. The fraction of sp³-hybridized carbons (Fsp3) is 0.750. The Bertz CT molecular complexity index is 174. The summed E-state index contributed by atoms with van der Waals surface area (Å²) in [6.45, 7) is -1.63. The molecule has 0 aliphatic heterocycles. The molecule has 0 fully saturated rings.